The first-order chi connectivity index (χ1) is 11.3. The average molecular weight is 351 g/mol. The van der Waals surface area contributed by atoms with Crippen LogP contribution in [0.2, 0.25) is 0 Å². The number of ketones is 1. The van der Waals surface area contributed by atoms with Gasteiger partial charge in [-0.1, -0.05) is 17.7 Å². The van der Waals surface area contributed by atoms with Crippen molar-refractivity contribution in [2.75, 3.05) is 6.54 Å². The van der Waals surface area contributed by atoms with E-state index < -0.39 is 27.4 Å². The smallest absolute Gasteiger partial charge is 0.243 e. The lowest BCUT2D eigenvalue weighted by Crippen LogP contribution is -2.31. The van der Waals surface area contributed by atoms with Gasteiger partial charge in [-0.3, -0.25) is 4.79 Å². The number of Topliss-reactive ketones (excluding diaryl/α,β-unsaturated/α-hetero) is 1. The van der Waals surface area contributed by atoms with Crippen LogP contribution in [0.5, 0.6) is 0 Å². The number of nitrogens with zero attached hydrogens (tertiary/aromatic N) is 1. The molecule has 0 bridgehead atoms. The molecule has 1 aliphatic rings. The Morgan fingerprint density at radius 1 is 1.08 bits per heavy atom. The Bertz CT molecular complexity index is 908. The fraction of sp³-hybridized carbons (Fsp3) is 0.235. The van der Waals surface area contributed by atoms with Gasteiger partial charge >= 0.3 is 0 Å². The third kappa shape index (κ3) is 2.97. The molecule has 0 fully saturated rings. The second-order valence-corrected chi connectivity index (χ2v) is 7.68. The van der Waals surface area contributed by atoms with Crippen molar-refractivity contribution in [1.29, 1.82) is 0 Å². The molecule has 0 amide bonds. The molecule has 0 saturated heterocycles. The Labute approximate surface area is 138 Å². The molecule has 0 saturated carbocycles. The third-order valence-corrected chi connectivity index (χ3v) is 5.90. The summed E-state index contributed by atoms with van der Waals surface area (Å²) in [7, 11) is -3.87. The summed E-state index contributed by atoms with van der Waals surface area (Å²) in [4.78, 5) is 12.2. The number of benzene rings is 2. The molecule has 4 nitrogen and oxygen atoms in total. The lowest BCUT2D eigenvalue weighted by atomic mass is 10.0. The van der Waals surface area contributed by atoms with Crippen LogP contribution in [0.1, 0.15) is 27.9 Å². The van der Waals surface area contributed by atoms with Crippen molar-refractivity contribution in [3.05, 3.63) is 64.7 Å². The molecule has 3 rings (SSSR count). The molecule has 0 atom stereocenters. The molecule has 0 spiro atoms. The maximum absolute atomic E-state index is 14.1. The van der Waals surface area contributed by atoms with E-state index in [9.17, 15) is 22.0 Å². The minimum absolute atomic E-state index is 0.0755. The number of halogens is 2. The normalized spacial score (nSPS) is 15.9. The lowest BCUT2D eigenvalue weighted by molar-refractivity contribution is 0.0980. The van der Waals surface area contributed by atoms with Gasteiger partial charge in [-0.25, -0.2) is 17.2 Å². The maximum Gasteiger partial charge on any atom is 0.243 e. The number of carbonyl (C=O) groups excluding carboxylic acids is 1. The van der Waals surface area contributed by atoms with Gasteiger partial charge in [0.15, 0.2) is 5.78 Å². The summed E-state index contributed by atoms with van der Waals surface area (Å²) in [5.41, 5.74) is 0.732. The summed E-state index contributed by atoms with van der Waals surface area (Å²) >= 11 is 0. The first-order valence-corrected chi connectivity index (χ1v) is 8.81. The van der Waals surface area contributed by atoms with E-state index in [2.05, 4.69) is 0 Å². The molecule has 0 aliphatic carbocycles. The molecular formula is C17H15F2NO3S. The number of rotatable bonds is 2. The highest BCUT2D eigenvalue weighted by Crippen LogP contribution is 2.27. The van der Waals surface area contributed by atoms with Crippen molar-refractivity contribution >= 4 is 15.8 Å². The van der Waals surface area contributed by atoms with Crippen molar-refractivity contribution in [2.45, 2.75) is 24.8 Å². The molecule has 24 heavy (non-hydrogen) atoms. The highest BCUT2D eigenvalue weighted by Gasteiger charge is 2.31. The molecule has 0 unspecified atom stereocenters. The van der Waals surface area contributed by atoms with Crippen LogP contribution in [-0.4, -0.2) is 25.1 Å². The van der Waals surface area contributed by atoms with Crippen molar-refractivity contribution in [1.82, 2.24) is 4.31 Å². The van der Waals surface area contributed by atoms with E-state index in [1.807, 2.05) is 6.92 Å². The van der Waals surface area contributed by atoms with Crippen LogP contribution in [0.4, 0.5) is 8.78 Å². The van der Waals surface area contributed by atoms with Gasteiger partial charge in [0, 0.05) is 36.7 Å². The molecular weight excluding hydrogens is 336 g/mol. The van der Waals surface area contributed by atoms with Crippen molar-refractivity contribution in [3.8, 4) is 0 Å². The predicted molar refractivity (Wildman–Crippen MR) is 84.1 cm³/mol. The molecule has 2 aromatic rings. The fourth-order valence-corrected chi connectivity index (χ4v) is 4.10. The Hall–Kier alpha value is -2.12. The average Bonchev–Trinajstić information content (AvgIpc) is 2.68. The van der Waals surface area contributed by atoms with Crippen molar-refractivity contribution in [3.63, 3.8) is 0 Å². The van der Waals surface area contributed by atoms with Crippen LogP contribution in [0.15, 0.2) is 41.3 Å². The van der Waals surface area contributed by atoms with E-state index in [1.165, 1.54) is 12.1 Å². The minimum Gasteiger partial charge on any atom is -0.294 e. The van der Waals surface area contributed by atoms with Gasteiger partial charge in [0.05, 0.1) is 4.90 Å². The van der Waals surface area contributed by atoms with E-state index in [0.29, 0.717) is 6.07 Å². The number of sulfonamides is 1. The summed E-state index contributed by atoms with van der Waals surface area (Å²) < 4.78 is 54.0. The Morgan fingerprint density at radius 3 is 2.42 bits per heavy atom. The van der Waals surface area contributed by atoms with Crippen LogP contribution in [0.25, 0.3) is 0 Å². The predicted octanol–water partition coefficient (Wildman–Crippen LogP) is 3.05. The topological polar surface area (TPSA) is 54.5 Å². The molecule has 0 aromatic heterocycles. The summed E-state index contributed by atoms with van der Waals surface area (Å²) in [6.45, 7) is 1.45. The Morgan fingerprint density at radius 2 is 1.75 bits per heavy atom. The van der Waals surface area contributed by atoms with E-state index in [0.717, 1.165) is 15.9 Å². The zero-order valence-electron chi connectivity index (χ0n) is 12.9. The summed E-state index contributed by atoms with van der Waals surface area (Å²) in [5, 5.41) is 0. The van der Waals surface area contributed by atoms with E-state index in [4.69, 9.17) is 0 Å². The molecule has 0 radical (unpaired) electrons. The summed E-state index contributed by atoms with van der Waals surface area (Å²) in [6.07, 6.45) is -0.124. The van der Waals surface area contributed by atoms with Crippen LogP contribution in [-0.2, 0) is 16.6 Å². The molecule has 1 heterocycles. The van der Waals surface area contributed by atoms with Gasteiger partial charge in [-0.15, -0.1) is 0 Å². The van der Waals surface area contributed by atoms with Gasteiger partial charge in [-0.05, 0) is 25.1 Å². The quantitative estimate of drug-likeness (QED) is 0.836. The van der Waals surface area contributed by atoms with Gasteiger partial charge in [0.25, 0.3) is 0 Å². The standard InChI is InChI=1S/C17H15F2NO3S/c1-11-2-4-13(5-3-11)24(22,23)20-7-6-17(21)14-8-12(18)9-16(19)15(14)10-20/h2-5,8-9H,6-7,10H2,1H3. The van der Waals surface area contributed by atoms with Gasteiger partial charge in [0.1, 0.15) is 11.6 Å². The number of hydrogen-bond donors (Lipinski definition) is 0. The minimum atomic E-state index is -3.87. The van der Waals surface area contributed by atoms with Crippen LogP contribution in [0, 0.1) is 18.6 Å². The second-order valence-electron chi connectivity index (χ2n) is 5.74. The maximum atomic E-state index is 14.1. The van der Waals surface area contributed by atoms with Crippen molar-refractivity contribution in [2.24, 2.45) is 0 Å². The third-order valence-electron chi connectivity index (χ3n) is 4.04. The zero-order valence-corrected chi connectivity index (χ0v) is 13.7. The molecule has 0 N–H and O–H groups in total. The van der Waals surface area contributed by atoms with Gasteiger partial charge < -0.3 is 0 Å². The largest absolute Gasteiger partial charge is 0.294 e. The summed E-state index contributed by atoms with van der Waals surface area (Å²) in [6, 6.07) is 7.90. The number of fused-ring (bicyclic) bond motifs is 1. The van der Waals surface area contributed by atoms with E-state index in [-0.39, 0.29) is 35.5 Å². The molecule has 7 heteroatoms. The first kappa shape index (κ1) is 16.7. The molecule has 1 aliphatic heterocycles. The Balaban J connectivity index is 2.04. The van der Waals surface area contributed by atoms with Crippen LogP contribution in [0.3, 0.4) is 0 Å². The number of carbonyl (C=O) groups is 1. The summed E-state index contributed by atoms with van der Waals surface area (Å²) in [5.74, 6) is -2.23. The van der Waals surface area contributed by atoms with Gasteiger partial charge in [-0.2, -0.15) is 4.31 Å². The molecule has 2 aromatic carbocycles. The van der Waals surface area contributed by atoms with E-state index >= 15 is 0 Å². The highest BCUT2D eigenvalue weighted by atomic mass is 32.2. The fourth-order valence-electron chi connectivity index (χ4n) is 2.69. The second kappa shape index (κ2) is 6.07. The zero-order chi connectivity index (χ0) is 17.5. The number of hydrogen-bond acceptors (Lipinski definition) is 3. The highest BCUT2D eigenvalue weighted by molar-refractivity contribution is 7.89. The van der Waals surface area contributed by atoms with Crippen molar-refractivity contribution < 1.29 is 22.0 Å². The monoisotopic (exact) mass is 351 g/mol. The SMILES string of the molecule is Cc1ccc(S(=O)(=O)N2CCC(=O)c3cc(F)cc(F)c3C2)cc1. The van der Waals surface area contributed by atoms with Gasteiger partial charge in [0.2, 0.25) is 10.0 Å². The number of aryl methyl sites for hydroxylation is 1. The van der Waals surface area contributed by atoms with Crippen LogP contribution < -0.4 is 0 Å². The Kier molecular flexibility index (Phi) is 4.23. The molecule has 126 valence electrons. The van der Waals surface area contributed by atoms with Crippen LogP contribution >= 0.6 is 0 Å². The lowest BCUT2D eigenvalue weighted by Gasteiger charge is -2.20. The first-order valence-electron chi connectivity index (χ1n) is 7.37. The van der Waals surface area contributed by atoms with E-state index in [1.54, 1.807) is 12.1 Å².